The number of nitrogens with one attached hydrogen (secondary N) is 1. The van der Waals surface area contributed by atoms with Crippen molar-refractivity contribution in [3.63, 3.8) is 0 Å². The van der Waals surface area contributed by atoms with Crippen molar-refractivity contribution in [2.45, 2.75) is 37.6 Å². The summed E-state index contributed by atoms with van der Waals surface area (Å²) >= 11 is 0. The predicted octanol–water partition coefficient (Wildman–Crippen LogP) is 2.45. The number of nitrogens with zero attached hydrogens (tertiary/aromatic N) is 1. The Balaban J connectivity index is 2.04. The molecule has 1 saturated carbocycles. The topological polar surface area (TPSA) is 67.9 Å². The highest BCUT2D eigenvalue weighted by Crippen LogP contribution is 2.44. The summed E-state index contributed by atoms with van der Waals surface area (Å²) in [5.41, 5.74) is 3.74. The Morgan fingerprint density at radius 1 is 1.38 bits per heavy atom. The number of benzene rings is 1. The van der Waals surface area contributed by atoms with Crippen LogP contribution >= 0.6 is 0 Å². The fourth-order valence-electron chi connectivity index (χ4n) is 3.21. The molecule has 21 heavy (non-hydrogen) atoms. The normalized spacial score (nSPS) is 19.6. The van der Waals surface area contributed by atoms with Gasteiger partial charge in [-0.15, -0.1) is 0 Å². The molecule has 0 spiro atoms. The van der Waals surface area contributed by atoms with Crippen LogP contribution in [0.15, 0.2) is 18.2 Å². The number of ether oxygens (including phenoxy) is 1. The molecule has 0 amide bonds. The zero-order chi connectivity index (χ0) is 14.9. The van der Waals surface area contributed by atoms with E-state index in [4.69, 9.17) is 9.68 Å². The van der Waals surface area contributed by atoms with Crippen molar-refractivity contribution < 1.29 is 19.3 Å². The monoisotopic (exact) mass is 290 g/mol. The van der Waals surface area contributed by atoms with Gasteiger partial charge in [-0.3, -0.25) is 4.79 Å². The Hall–Kier alpha value is -2.08. The van der Waals surface area contributed by atoms with Gasteiger partial charge < -0.3 is 4.74 Å². The van der Waals surface area contributed by atoms with Crippen LogP contribution in [0.4, 0.5) is 11.4 Å². The summed E-state index contributed by atoms with van der Waals surface area (Å²) in [6.45, 7) is 0. The van der Waals surface area contributed by atoms with E-state index in [0.717, 1.165) is 25.5 Å². The van der Waals surface area contributed by atoms with Gasteiger partial charge in [0.15, 0.2) is 11.8 Å². The highest BCUT2D eigenvalue weighted by molar-refractivity contribution is 5.94. The van der Waals surface area contributed by atoms with Crippen molar-refractivity contribution >= 4 is 23.6 Å². The van der Waals surface area contributed by atoms with Crippen molar-refractivity contribution in [2.24, 2.45) is 0 Å². The summed E-state index contributed by atoms with van der Waals surface area (Å²) in [5, 5.41) is 1.58. The molecule has 0 saturated heterocycles. The number of hydrogen-bond donors (Lipinski definition) is 1. The Morgan fingerprint density at radius 3 is 2.81 bits per heavy atom. The summed E-state index contributed by atoms with van der Waals surface area (Å²) in [6, 6.07) is 5.32. The van der Waals surface area contributed by atoms with Crippen LogP contribution < -0.4 is 10.5 Å². The maximum Gasteiger partial charge on any atom is 0.334 e. The van der Waals surface area contributed by atoms with Gasteiger partial charge >= 0.3 is 5.97 Å². The summed E-state index contributed by atoms with van der Waals surface area (Å²) < 4.78 is 5.02. The molecule has 3 rings (SSSR count). The average molecular weight is 290 g/mol. The van der Waals surface area contributed by atoms with E-state index in [1.165, 1.54) is 7.11 Å². The van der Waals surface area contributed by atoms with Crippen LogP contribution in [0.25, 0.3) is 0 Å². The first-order chi connectivity index (χ1) is 10.2. The smallest absolute Gasteiger partial charge is 0.334 e. The number of rotatable bonds is 3. The maximum absolute atomic E-state index is 12.4. The van der Waals surface area contributed by atoms with Gasteiger partial charge in [0.25, 0.3) is 0 Å². The lowest BCUT2D eigenvalue weighted by atomic mass is 9.81. The zero-order valence-electron chi connectivity index (χ0n) is 11.9. The molecule has 2 aliphatic rings. The van der Waals surface area contributed by atoms with E-state index < -0.39 is 5.54 Å². The molecule has 1 aliphatic carbocycles. The lowest BCUT2D eigenvalue weighted by Gasteiger charge is -2.40. The third kappa shape index (κ3) is 2.06. The minimum atomic E-state index is -0.827. The molecule has 0 bridgehead atoms. The molecule has 0 atom stereocenters. The number of hydrogen-bond acceptors (Lipinski definition) is 6. The number of methoxy groups -OCH3 is 1. The molecule has 0 radical (unpaired) electrons. The molecular weight excluding hydrogens is 272 g/mol. The van der Waals surface area contributed by atoms with E-state index in [9.17, 15) is 9.59 Å². The van der Waals surface area contributed by atoms with E-state index in [2.05, 4.69) is 5.48 Å². The van der Waals surface area contributed by atoms with Crippen LogP contribution in [-0.4, -0.2) is 24.9 Å². The molecule has 112 valence electrons. The molecule has 1 aromatic carbocycles. The summed E-state index contributed by atoms with van der Waals surface area (Å²) in [7, 11) is 1.39. The van der Waals surface area contributed by atoms with Gasteiger partial charge in [0, 0.05) is 5.56 Å². The lowest BCUT2D eigenvalue weighted by Crippen LogP contribution is -2.55. The first-order valence-electron chi connectivity index (χ1n) is 7.13. The van der Waals surface area contributed by atoms with Gasteiger partial charge in [0.1, 0.15) is 0 Å². The first-order valence-corrected chi connectivity index (χ1v) is 7.13. The van der Waals surface area contributed by atoms with Crippen LogP contribution in [0.2, 0.25) is 0 Å². The Morgan fingerprint density at radius 2 is 2.14 bits per heavy atom. The molecule has 6 heteroatoms. The second-order valence-electron chi connectivity index (χ2n) is 5.43. The van der Waals surface area contributed by atoms with Crippen molar-refractivity contribution in [2.75, 3.05) is 17.7 Å². The highest BCUT2D eigenvalue weighted by Gasteiger charge is 2.50. The summed E-state index contributed by atoms with van der Waals surface area (Å²) in [5.74, 6) is -0.298. The number of para-hydroxylation sites is 1. The fourth-order valence-corrected chi connectivity index (χ4v) is 3.21. The third-order valence-electron chi connectivity index (χ3n) is 4.29. The van der Waals surface area contributed by atoms with Gasteiger partial charge in [-0.25, -0.2) is 15.3 Å². The molecule has 1 fully saturated rings. The van der Waals surface area contributed by atoms with Crippen molar-refractivity contribution in [1.29, 1.82) is 0 Å². The fraction of sp³-hybridized carbons (Fsp3) is 0.467. The molecular formula is C15H18N2O4. The second kappa shape index (κ2) is 5.37. The molecule has 1 aliphatic heterocycles. The van der Waals surface area contributed by atoms with Crippen LogP contribution in [0.3, 0.4) is 0 Å². The largest absolute Gasteiger partial charge is 0.467 e. The minimum absolute atomic E-state index is 0.298. The van der Waals surface area contributed by atoms with Crippen molar-refractivity contribution in [1.82, 2.24) is 0 Å². The number of aldehydes is 1. The number of fused-ring (bicyclic) bond motifs is 1. The highest BCUT2D eigenvalue weighted by atomic mass is 16.8. The van der Waals surface area contributed by atoms with E-state index in [1.54, 1.807) is 17.2 Å². The number of carbonyl (C=O) groups is 2. The second-order valence-corrected chi connectivity index (χ2v) is 5.43. The van der Waals surface area contributed by atoms with Crippen molar-refractivity contribution in [3.05, 3.63) is 23.8 Å². The summed E-state index contributed by atoms with van der Waals surface area (Å²) in [4.78, 5) is 29.1. The van der Waals surface area contributed by atoms with E-state index >= 15 is 0 Å². The predicted molar refractivity (Wildman–Crippen MR) is 76.8 cm³/mol. The average Bonchev–Trinajstić information content (AvgIpc) is 2.99. The standard InChI is InChI=1S/C15H18N2O4/c1-20-14(19)15(8-3-2-4-9-15)17-12-7-5-6-11(10-18)13(12)16-21-17/h5-7,10,16H,2-4,8-9H2,1H3. The molecule has 0 aromatic heterocycles. The molecule has 1 aromatic rings. The summed E-state index contributed by atoms with van der Waals surface area (Å²) in [6.07, 6.45) is 5.10. The van der Waals surface area contributed by atoms with Gasteiger partial charge in [0.2, 0.25) is 0 Å². The number of hydroxylamine groups is 1. The zero-order valence-corrected chi connectivity index (χ0v) is 11.9. The van der Waals surface area contributed by atoms with Crippen LogP contribution in [0.1, 0.15) is 42.5 Å². The van der Waals surface area contributed by atoms with E-state index in [0.29, 0.717) is 29.8 Å². The maximum atomic E-state index is 12.4. The van der Waals surface area contributed by atoms with E-state index in [1.807, 2.05) is 6.07 Å². The number of carbonyl (C=O) groups excluding carboxylic acids is 2. The first kappa shape index (κ1) is 13.9. The quantitative estimate of drug-likeness (QED) is 0.681. The Bertz CT molecular complexity index is 567. The van der Waals surface area contributed by atoms with Crippen LogP contribution in [-0.2, 0) is 14.5 Å². The minimum Gasteiger partial charge on any atom is -0.467 e. The SMILES string of the molecule is COC(=O)C1(N2ONc3c(C=O)cccc32)CCCCC1. The number of anilines is 2. The lowest BCUT2D eigenvalue weighted by molar-refractivity contribution is -0.152. The Kier molecular flexibility index (Phi) is 3.55. The third-order valence-corrected chi connectivity index (χ3v) is 4.29. The molecule has 1 N–H and O–H groups in total. The van der Waals surface area contributed by atoms with Crippen molar-refractivity contribution in [3.8, 4) is 0 Å². The van der Waals surface area contributed by atoms with Crippen LogP contribution in [0.5, 0.6) is 0 Å². The van der Waals surface area contributed by atoms with Crippen LogP contribution in [0, 0.1) is 0 Å². The molecule has 0 unspecified atom stereocenters. The van der Waals surface area contributed by atoms with Gasteiger partial charge in [0.05, 0.1) is 18.5 Å². The van der Waals surface area contributed by atoms with Gasteiger partial charge in [-0.05, 0) is 25.0 Å². The van der Waals surface area contributed by atoms with Gasteiger partial charge in [-0.1, -0.05) is 25.3 Å². The molecule has 1 heterocycles. The number of esters is 1. The molecule has 6 nitrogen and oxygen atoms in total. The Labute approximate surface area is 122 Å². The van der Waals surface area contributed by atoms with Gasteiger partial charge in [-0.2, -0.15) is 4.94 Å². The van der Waals surface area contributed by atoms with E-state index in [-0.39, 0.29) is 5.97 Å².